The van der Waals surface area contributed by atoms with Crippen molar-refractivity contribution in [1.29, 1.82) is 0 Å². The lowest BCUT2D eigenvalue weighted by Gasteiger charge is -2.23. The number of para-hydroxylation sites is 1. The highest BCUT2D eigenvalue weighted by Crippen LogP contribution is 2.53. The lowest BCUT2D eigenvalue weighted by Crippen LogP contribution is -2.36. The van der Waals surface area contributed by atoms with Crippen molar-refractivity contribution in [3.05, 3.63) is 48.2 Å². The van der Waals surface area contributed by atoms with Crippen molar-refractivity contribution >= 4 is 23.1 Å². The predicted octanol–water partition coefficient (Wildman–Crippen LogP) is 3.15. The molecule has 4 nitrogen and oxygen atoms in total. The Hall–Kier alpha value is -2.36. The fourth-order valence-corrected chi connectivity index (χ4v) is 3.81. The molecule has 2 aliphatic rings. The van der Waals surface area contributed by atoms with Gasteiger partial charge in [0.1, 0.15) is 5.82 Å². The first kappa shape index (κ1) is 12.4. The van der Waals surface area contributed by atoms with E-state index in [1.54, 1.807) is 12.3 Å². The van der Waals surface area contributed by atoms with E-state index in [1.807, 2.05) is 29.2 Å². The van der Waals surface area contributed by atoms with Crippen molar-refractivity contribution < 1.29 is 4.79 Å². The van der Waals surface area contributed by atoms with E-state index in [4.69, 9.17) is 5.73 Å². The van der Waals surface area contributed by atoms with Crippen molar-refractivity contribution in [2.75, 3.05) is 10.6 Å². The number of amides is 1. The van der Waals surface area contributed by atoms with Crippen LogP contribution in [0.1, 0.15) is 31.2 Å². The van der Waals surface area contributed by atoms with E-state index in [1.165, 1.54) is 5.56 Å². The zero-order chi connectivity index (χ0) is 14.4. The molecule has 4 rings (SSSR count). The van der Waals surface area contributed by atoms with Crippen LogP contribution in [0.3, 0.4) is 0 Å². The van der Waals surface area contributed by atoms with Crippen LogP contribution >= 0.6 is 0 Å². The number of nitrogen functional groups attached to an aromatic ring is 1. The van der Waals surface area contributed by atoms with E-state index in [0.29, 0.717) is 5.82 Å². The maximum Gasteiger partial charge on any atom is 0.242 e. The molecule has 2 heterocycles. The molecule has 1 aliphatic carbocycles. The van der Waals surface area contributed by atoms with Gasteiger partial charge in [-0.2, -0.15) is 0 Å². The van der Waals surface area contributed by atoms with Crippen molar-refractivity contribution in [2.24, 2.45) is 0 Å². The predicted molar refractivity (Wildman–Crippen MR) is 82.4 cm³/mol. The monoisotopic (exact) mass is 279 g/mol. The smallest absolute Gasteiger partial charge is 0.242 e. The van der Waals surface area contributed by atoms with E-state index >= 15 is 0 Å². The Bertz CT molecular complexity index is 719. The van der Waals surface area contributed by atoms with E-state index in [9.17, 15) is 4.79 Å². The molecule has 1 fully saturated rings. The molecule has 0 bridgehead atoms. The molecule has 21 heavy (non-hydrogen) atoms. The van der Waals surface area contributed by atoms with Crippen molar-refractivity contribution in [3.8, 4) is 0 Å². The van der Waals surface area contributed by atoms with Gasteiger partial charge in [0.25, 0.3) is 0 Å². The topological polar surface area (TPSA) is 59.2 Å². The molecule has 1 aromatic carbocycles. The summed E-state index contributed by atoms with van der Waals surface area (Å²) in [7, 11) is 0. The van der Waals surface area contributed by atoms with Gasteiger partial charge in [-0.3, -0.25) is 9.69 Å². The van der Waals surface area contributed by atoms with Gasteiger partial charge in [0.2, 0.25) is 5.91 Å². The molecule has 1 aromatic heterocycles. The van der Waals surface area contributed by atoms with Gasteiger partial charge in [0, 0.05) is 12.3 Å². The number of carbonyl (C=O) groups excluding carboxylic acids is 1. The van der Waals surface area contributed by atoms with E-state index in [2.05, 4.69) is 11.1 Å². The minimum Gasteiger partial charge on any atom is -0.384 e. The molecule has 106 valence electrons. The Morgan fingerprint density at radius 2 is 1.90 bits per heavy atom. The van der Waals surface area contributed by atoms with Crippen LogP contribution in [0.5, 0.6) is 0 Å². The minimum atomic E-state index is -0.325. The number of rotatable bonds is 1. The molecule has 4 heteroatoms. The average Bonchev–Trinajstić information content (AvgIpc) is 3.06. The van der Waals surface area contributed by atoms with Crippen molar-refractivity contribution in [2.45, 2.75) is 31.1 Å². The highest BCUT2D eigenvalue weighted by Gasteiger charge is 2.52. The van der Waals surface area contributed by atoms with Gasteiger partial charge >= 0.3 is 0 Å². The standard InChI is InChI=1S/C17H17N3O/c18-15-11-12(7-10-19-15)20-14-6-2-1-5-13(14)17(16(20)21)8-3-4-9-17/h1-2,5-7,10-11H,3-4,8-9H2,(H2,18,19). The van der Waals surface area contributed by atoms with E-state index < -0.39 is 0 Å². The first-order chi connectivity index (χ1) is 10.2. The number of benzene rings is 1. The number of pyridine rings is 1. The molecule has 1 amide bonds. The molecule has 0 unspecified atom stereocenters. The number of aromatic nitrogens is 1. The maximum absolute atomic E-state index is 13.2. The van der Waals surface area contributed by atoms with Crippen LogP contribution in [0.4, 0.5) is 17.2 Å². The molecule has 2 N–H and O–H groups in total. The Balaban J connectivity index is 1.92. The fourth-order valence-electron chi connectivity index (χ4n) is 3.81. The number of carbonyl (C=O) groups is 1. The van der Waals surface area contributed by atoms with Crippen molar-refractivity contribution in [3.63, 3.8) is 0 Å². The molecule has 1 aliphatic heterocycles. The maximum atomic E-state index is 13.2. The summed E-state index contributed by atoms with van der Waals surface area (Å²) in [6.45, 7) is 0. The first-order valence-corrected chi connectivity index (χ1v) is 7.38. The van der Waals surface area contributed by atoms with E-state index in [0.717, 1.165) is 37.1 Å². The summed E-state index contributed by atoms with van der Waals surface area (Å²) in [5.74, 6) is 0.622. The summed E-state index contributed by atoms with van der Waals surface area (Å²) in [6, 6.07) is 11.7. The minimum absolute atomic E-state index is 0.187. The number of nitrogens with two attached hydrogens (primary N) is 1. The van der Waals surface area contributed by atoms with Crippen LogP contribution in [0, 0.1) is 0 Å². The van der Waals surface area contributed by atoms with E-state index in [-0.39, 0.29) is 11.3 Å². The average molecular weight is 279 g/mol. The molecule has 1 spiro atoms. The first-order valence-electron chi connectivity index (χ1n) is 7.38. The normalized spacial score (nSPS) is 19.2. The number of nitrogens with zero attached hydrogens (tertiary/aromatic N) is 2. The van der Waals surface area contributed by atoms with Crippen LogP contribution in [-0.4, -0.2) is 10.9 Å². The molecule has 0 radical (unpaired) electrons. The molecule has 0 atom stereocenters. The molecular weight excluding hydrogens is 262 g/mol. The molecular formula is C17H17N3O. The van der Waals surface area contributed by atoms with Gasteiger partial charge in [-0.25, -0.2) is 4.98 Å². The Labute approximate surface area is 123 Å². The van der Waals surface area contributed by atoms with Gasteiger partial charge in [-0.1, -0.05) is 31.0 Å². The summed E-state index contributed by atoms with van der Waals surface area (Å²) in [6.07, 6.45) is 5.78. The lowest BCUT2D eigenvalue weighted by atomic mass is 9.80. The van der Waals surface area contributed by atoms with Crippen LogP contribution in [0.15, 0.2) is 42.6 Å². The molecule has 0 saturated heterocycles. The number of anilines is 3. The van der Waals surface area contributed by atoms with Crippen LogP contribution in [-0.2, 0) is 10.2 Å². The number of hydrogen-bond donors (Lipinski definition) is 1. The summed E-state index contributed by atoms with van der Waals surface area (Å²) in [5.41, 5.74) is 8.44. The highest BCUT2D eigenvalue weighted by atomic mass is 16.2. The van der Waals surface area contributed by atoms with Gasteiger partial charge in [-0.05, 0) is 30.5 Å². The van der Waals surface area contributed by atoms with Gasteiger partial charge < -0.3 is 5.73 Å². The van der Waals surface area contributed by atoms with Gasteiger partial charge in [0.15, 0.2) is 0 Å². The summed E-state index contributed by atoms with van der Waals surface area (Å²) < 4.78 is 0. The quantitative estimate of drug-likeness (QED) is 0.872. The molecule has 1 saturated carbocycles. The third-order valence-electron chi connectivity index (χ3n) is 4.75. The highest BCUT2D eigenvalue weighted by molar-refractivity contribution is 6.13. The zero-order valence-electron chi connectivity index (χ0n) is 11.7. The SMILES string of the molecule is Nc1cc(N2C(=O)C3(CCCC3)c3ccccc32)ccn1. The Morgan fingerprint density at radius 1 is 1.14 bits per heavy atom. The third-order valence-corrected chi connectivity index (χ3v) is 4.75. The third kappa shape index (κ3) is 1.62. The second-order valence-electron chi connectivity index (χ2n) is 5.89. The van der Waals surface area contributed by atoms with Crippen LogP contribution < -0.4 is 10.6 Å². The second-order valence-corrected chi connectivity index (χ2v) is 5.89. The fraction of sp³-hybridized carbons (Fsp3) is 0.294. The Morgan fingerprint density at radius 3 is 2.67 bits per heavy atom. The summed E-state index contributed by atoms with van der Waals surface area (Å²) in [5, 5.41) is 0. The zero-order valence-corrected chi connectivity index (χ0v) is 11.7. The number of fused-ring (bicyclic) bond motifs is 2. The molecule has 2 aromatic rings. The van der Waals surface area contributed by atoms with Gasteiger partial charge in [-0.15, -0.1) is 0 Å². The lowest BCUT2D eigenvalue weighted by molar-refractivity contribution is -0.122. The van der Waals surface area contributed by atoms with Crippen molar-refractivity contribution in [1.82, 2.24) is 4.98 Å². The van der Waals surface area contributed by atoms with Crippen LogP contribution in [0.25, 0.3) is 0 Å². The second kappa shape index (κ2) is 4.32. The summed E-state index contributed by atoms with van der Waals surface area (Å²) >= 11 is 0. The Kier molecular flexibility index (Phi) is 2.55. The largest absolute Gasteiger partial charge is 0.384 e. The van der Waals surface area contributed by atoms with Crippen LogP contribution in [0.2, 0.25) is 0 Å². The van der Waals surface area contributed by atoms with Gasteiger partial charge in [0.05, 0.1) is 16.8 Å². The number of hydrogen-bond acceptors (Lipinski definition) is 3. The summed E-state index contributed by atoms with van der Waals surface area (Å²) in [4.78, 5) is 19.0.